The van der Waals surface area contributed by atoms with Gasteiger partial charge in [-0.2, -0.15) is 0 Å². The maximum absolute atomic E-state index is 12.8. The standard InChI is InChI=1S/C22H21N5O3/c1-26-17-9-5-6-10-18(17)30-13-16(22(26)29)23-21(28)19-24-20-15(11-12-27(20)25-19)14-7-3-2-4-8-14/h2-10,15-16H,11-13H2,1H3,(H,23,28)/t15-,16+/m1/s1. The minimum absolute atomic E-state index is 0.0478. The van der Waals surface area contributed by atoms with Gasteiger partial charge in [0.15, 0.2) is 0 Å². The van der Waals surface area contributed by atoms with E-state index in [2.05, 4.69) is 27.5 Å². The zero-order valence-electron chi connectivity index (χ0n) is 16.5. The van der Waals surface area contributed by atoms with Gasteiger partial charge in [0.2, 0.25) is 5.82 Å². The van der Waals surface area contributed by atoms with Crippen LogP contribution in [0.4, 0.5) is 5.69 Å². The molecule has 8 heteroatoms. The minimum atomic E-state index is -0.821. The summed E-state index contributed by atoms with van der Waals surface area (Å²) in [6.07, 6.45) is 0.902. The van der Waals surface area contributed by atoms with E-state index in [-0.39, 0.29) is 24.3 Å². The zero-order valence-corrected chi connectivity index (χ0v) is 16.5. The predicted molar refractivity (Wildman–Crippen MR) is 110 cm³/mol. The number of ether oxygens (including phenoxy) is 1. The lowest BCUT2D eigenvalue weighted by molar-refractivity contribution is -0.120. The summed E-state index contributed by atoms with van der Waals surface area (Å²) >= 11 is 0. The second-order valence-electron chi connectivity index (χ2n) is 7.47. The van der Waals surface area contributed by atoms with Crippen molar-refractivity contribution in [3.05, 3.63) is 71.8 Å². The van der Waals surface area contributed by atoms with Gasteiger partial charge in [-0.05, 0) is 24.1 Å². The van der Waals surface area contributed by atoms with Crippen molar-refractivity contribution in [1.82, 2.24) is 20.1 Å². The molecule has 2 amide bonds. The number of hydrogen-bond acceptors (Lipinski definition) is 5. The molecule has 0 aliphatic carbocycles. The second kappa shape index (κ2) is 7.29. The maximum Gasteiger partial charge on any atom is 0.291 e. The molecule has 5 rings (SSSR count). The van der Waals surface area contributed by atoms with Crippen molar-refractivity contribution in [2.24, 2.45) is 0 Å². The number of para-hydroxylation sites is 2. The van der Waals surface area contributed by atoms with Crippen LogP contribution in [-0.2, 0) is 11.3 Å². The molecule has 2 aliphatic heterocycles. The molecule has 0 saturated carbocycles. The van der Waals surface area contributed by atoms with Crippen LogP contribution in [0.5, 0.6) is 5.75 Å². The van der Waals surface area contributed by atoms with Crippen LogP contribution in [0.15, 0.2) is 54.6 Å². The molecule has 3 heterocycles. The van der Waals surface area contributed by atoms with Crippen LogP contribution in [0.2, 0.25) is 0 Å². The largest absolute Gasteiger partial charge is 0.489 e. The first-order valence-corrected chi connectivity index (χ1v) is 9.92. The fourth-order valence-electron chi connectivity index (χ4n) is 4.03. The van der Waals surface area contributed by atoms with Crippen molar-refractivity contribution < 1.29 is 14.3 Å². The fourth-order valence-corrected chi connectivity index (χ4v) is 4.03. The monoisotopic (exact) mass is 403 g/mol. The van der Waals surface area contributed by atoms with Crippen LogP contribution >= 0.6 is 0 Å². The predicted octanol–water partition coefficient (Wildman–Crippen LogP) is 1.97. The summed E-state index contributed by atoms with van der Waals surface area (Å²) in [6, 6.07) is 16.6. The molecule has 1 N–H and O–H groups in total. The quantitative estimate of drug-likeness (QED) is 0.722. The average molecular weight is 403 g/mol. The summed E-state index contributed by atoms with van der Waals surface area (Å²) in [5, 5.41) is 7.11. The zero-order chi connectivity index (χ0) is 20.7. The number of rotatable bonds is 3. The van der Waals surface area contributed by atoms with E-state index in [0.717, 1.165) is 17.8 Å². The van der Waals surface area contributed by atoms with Gasteiger partial charge in [0, 0.05) is 19.5 Å². The molecule has 1 aromatic heterocycles. The van der Waals surface area contributed by atoms with Crippen LogP contribution in [0.3, 0.4) is 0 Å². The number of aromatic nitrogens is 3. The Morgan fingerprint density at radius 3 is 2.73 bits per heavy atom. The molecule has 2 atom stereocenters. The van der Waals surface area contributed by atoms with E-state index in [4.69, 9.17) is 4.74 Å². The minimum Gasteiger partial charge on any atom is -0.489 e. The number of fused-ring (bicyclic) bond motifs is 2. The Morgan fingerprint density at radius 1 is 1.13 bits per heavy atom. The Morgan fingerprint density at radius 2 is 1.90 bits per heavy atom. The highest BCUT2D eigenvalue weighted by molar-refractivity contribution is 6.02. The summed E-state index contributed by atoms with van der Waals surface area (Å²) < 4.78 is 7.53. The highest BCUT2D eigenvalue weighted by Crippen LogP contribution is 2.32. The van der Waals surface area contributed by atoms with Crippen molar-refractivity contribution in [1.29, 1.82) is 0 Å². The number of likely N-dealkylation sites (N-methyl/N-ethyl adjacent to an activating group) is 1. The van der Waals surface area contributed by atoms with Crippen molar-refractivity contribution in [2.75, 3.05) is 18.6 Å². The number of hydrogen-bond donors (Lipinski definition) is 1. The molecule has 152 valence electrons. The number of amides is 2. The van der Waals surface area contributed by atoms with Gasteiger partial charge in [-0.15, -0.1) is 5.10 Å². The van der Waals surface area contributed by atoms with E-state index >= 15 is 0 Å². The van der Waals surface area contributed by atoms with Gasteiger partial charge in [0.1, 0.15) is 24.2 Å². The number of benzene rings is 2. The van der Waals surface area contributed by atoms with Gasteiger partial charge < -0.3 is 15.0 Å². The van der Waals surface area contributed by atoms with Gasteiger partial charge in [-0.3, -0.25) is 9.59 Å². The second-order valence-corrected chi connectivity index (χ2v) is 7.47. The van der Waals surface area contributed by atoms with Crippen LogP contribution in [-0.4, -0.2) is 46.3 Å². The Labute approximate surface area is 173 Å². The average Bonchev–Trinajstić information content (AvgIpc) is 3.34. The van der Waals surface area contributed by atoms with Crippen LogP contribution in [0.25, 0.3) is 0 Å². The number of anilines is 1. The fraction of sp³-hybridized carbons (Fsp3) is 0.273. The first kappa shape index (κ1) is 18.4. The van der Waals surface area contributed by atoms with E-state index in [1.807, 2.05) is 36.4 Å². The number of nitrogens with one attached hydrogen (secondary N) is 1. The summed E-state index contributed by atoms with van der Waals surface area (Å²) in [5.41, 5.74) is 1.83. The smallest absolute Gasteiger partial charge is 0.291 e. The Hall–Kier alpha value is -3.68. The molecule has 0 unspecified atom stereocenters. The summed E-state index contributed by atoms with van der Waals surface area (Å²) in [6.45, 7) is 0.755. The van der Waals surface area contributed by atoms with Crippen LogP contribution < -0.4 is 15.0 Å². The van der Waals surface area contributed by atoms with E-state index in [1.165, 1.54) is 4.90 Å². The molecular formula is C22H21N5O3. The Kier molecular flexibility index (Phi) is 4.46. The number of aryl methyl sites for hydroxylation is 1. The molecule has 8 nitrogen and oxygen atoms in total. The molecule has 3 aromatic rings. The third kappa shape index (κ3) is 3.10. The Balaban J connectivity index is 1.34. The van der Waals surface area contributed by atoms with Gasteiger partial charge in [0.25, 0.3) is 11.8 Å². The highest BCUT2D eigenvalue weighted by atomic mass is 16.5. The van der Waals surface area contributed by atoms with Crippen molar-refractivity contribution in [2.45, 2.75) is 24.9 Å². The first-order chi connectivity index (χ1) is 14.6. The number of carbonyl (C=O) groups is 2. The lowest BCUT2D eigenvalue weighted by atomic mass is 9.97. The Bertz CT molecular complexity index is 1110. The topological polar surface area (TPSA) is 89.4 Å². The molecule has 2 aliphatic rings. The van der Waals surface area contributed by atoms with Gasteiger partial charge >= 0.3 is 0 Å². The van der Waals surface area contributed by atoms with Gasteiger partial charge in [-0.25, -0.2) is 9.67 Å². The molecule has 0 saturated heterocycles. The summed E-state index contributed by atoms with van der Waals surface area (Å²) in [5.74, 6) is 0.841. The maximum atomic E-state index is 12.8. The summed E-state index contributed by atoms with van der Waals surface area (Å²) in [4.78, 5) is 31.7. The van der Waals surface area contributed by atoms with Crippen LogP contribution in [0, 0.1) is 0 Å². The highest BCUT2D eigenvalue weighted by Gasteiger charge is 2.33. The SMILES string of the molecule is CN1C(=O)[C@@H](NC(=O)c2nc3n(n2)CC[C@@H]3c2ccccc2)COc2ccccc21. The lowest BCUT2D eigenvalue weighted by Crippen LogP contribution is -2.49. The van der Waals surface area contributed by atoms with E-state index in [9.17, 15) is 9.59 Å². The first-order valence-electron chi connectivity index (χ1n) is 9.92. The normalized spacial score (nSPS) is 20.2. The molecule has 2 aromatic carbocycles. The number of carbonyl (C=O) groups excluding carboxylic acids is 2. The molecule has 0 spiro atoms. The van der Waals surface area contributed by atoms with E-state index in [1.54, 1.807) is 17.8 Å². The lowest BCUT2D eigenvalue weighted by Gasteiger charge is -2.19. The third-order valence-electron chi connectivity index (χ3n) is 5.61. The third-order valence-corrected chi connectivity index (χ3v) is 5.61. The summed E-state index contributed by atoms with van der Waals surface area (Å²) in [7, 11) is 1.67. The molecule has 0 fully saturated rings. The van der Waals surface area contributed by atoms with Crippen molar-refractivity contribution in [3.8, 4) is 5.75 Å². The van der Waals surface area contributed by atoms with Gasteiger partial charge in [0.05, 0.1) is 5.69 Å². The van der Waals surface area contributed by atoms with Crippen molar-refractivity contribution in [3.63, 3.8) is 0 Å². The van der Waals surface area contributed by atoms with Crippen LogP contribution in [0.1, 0.15) is 34.3 Å². The molecular weight excluding hydrogens is 382 g/mol. The van der Waals surface area contributed by atoms with Gasteiger partial charge in [-0.1, -0.05) is 42.5 Å². The molecule has 30 heavy (non-hydrogen) atoms. The number of nitrogens with zero attached hydrogens (tertiary/aromatic N) is 4. The van der Waals surface area contributed by atoms with E-state index in [0.29, 0.717) is 18.0 Å². The van der Waals surface area contributed by atoms with Crippen molar-refractivity contribution >= 4 is 17.5 Å². The molecule has 0 bridgehead atoms. The molecule has 0 radical (unpaired) electrons. The van der Waals surface area contributed by atoms with E-state index < -0.39 is 11.9 Å².